The highest BCUT2D eigenvalue weighted by molar-refractivity contribution is 6.91. The van der Waals surface area contributed by atoms with Gasteiger partial charge in [0.25, 0.3) is 0 Å². The van der Waals surface area contributed by atoms with Crippen LogP contribution in [0.2, 0.25) is 39.3 Å². The van der Waals surface area contributed by atoms with E-state index in [1.807, 2.05) is 0 Å². The fraction of sp³-hybridized carbons (Fsp3) is 0.286. The average molecular weight is 336 g/mol. The Morgan fingerprint density at radius 2 is 1.35 bits per heavy atom. The summed E-state index contributed by atoms with van der Waals surface area (Å²) in [5.74, 6) is 0. The molecule has 0 heterocycles. The molecule has 0 amide bonds. The maximum Gasteiger partial charge on any atom is 0.0776 e. The van der Waals surface area contributed by atoms with E-state index in [4.69, 9.17) is 0 Å². The molecular formula is C21H27Si2. The Hall–Kier alpha value is -1.39. The summed E-state index contributed by atoms with van der Waals surface area (Å²) in [6.45, 7) is 14.7. The molecule has 0 nitrogen and oxygen atoms in total. The van der Waals surface area contributed by atoms with Gasteiger partial charge >= 0.3 is 0 Å². The van der Waals surface area contributed by atoms with Gasteiger partial charge in [-0.3, -0.25) is 0 Å². The van der Waals surface area contributed by atoms with Crippen LogP contribution < -0.4 is 10.4 Å². The third kappa shape index (κ3) is 3.29. The summed E-state index contributed by atoms with van der Waals surface area (Å²) in [7, 11) is -2.67. The Labute approximate surface area is 143 Å². The van der Waals surface area contributed by atoms with Crippen molar-refractivity contribution in [2.45, 2.75) is 39.3 Å². The maximum atomic E-state index is 2.51. The van der Waals surface area contributed by atoms with Crippen molar-refractivity contribution in [2.24, 2.45) is 0 Å². The van der Waals surface area contributed by atoms with Crippen LogP contribution in [-0.4, -0.2) is 16.1 Å². The smallest absolute Gasteiger partial charge is 0.0754 e. The predicted octanol–water partition coefficient (Wildman–Crippen LogP) is 5.02. The normalized spacial score (nSPS) is 14.2. The summed E-state index contributed by atoms with van der Waals surface area (Å²) in [4.78, 5) is 0. The molecule has 23 heavy (non-hydrogen) atoms. The average Bonchev–Trinajstić information content (AvgIpc) is 2.93. The minimum atomic E-state index is -1.34. The highest BCUT2D eigenvalue weighted by atomic mass is 28.3. The summed E-state index contributed by atoms with van der Waals surface area (Å²) in [6.07, 6.45) is 6.62. The molecule has 2 aromatic carbocycles. The van der Waals surface area contributed by atoms with E-state index < -0.39 is 16.1 Å². The zero-order valence-electron chi connectivity index (χ0n) is 15.2. The van der Waals surface area contributed by atoms with Crippen LogP contribution >= 0.6 is 0 Å². The van der Waals surface area contributed by atoms with Crippen molar-refractivity contribution in [2.75, 3.05) is 0 Å². The zero-order chi connectivity index (χ0) is 16.8. The first-order chi connectivity index (χ1) is 10.7. The number of fused-ring (bicyclic) bond motifs is 1. The van der Waals surface area contributed by atoms with Crippen molar-refractivity contribution >= 4 is 32.6 Å². The van der Waals surface area contributed by atoms with Gasteiger partial charge in [0.05, 0.1) is 16.1 Å². The second kappa shape index (κ2) is 5.61. The Morgan fingerprint density at radius 3 is 1.91 bits per heavy atom. The van der Waals surface area contributed by atoms with Crippen LogP contribution in [0.15, 0.2) is 42.5 Å². The largest absolute Gasteiger partial charge is 0.0776 e. The van der Waals surface area contributed by atoms with Gasteiger partial charge in [-0.15, -0.1) is 0 Å². The van der Waals surface area contributed by atoms with E-state index in [2.05, 4.69) is 94.3 Å². The van der Waals surface area contributed by atoms with Gasteiger partial charge < -0.3 is 0 Å². The molecule has 0 unspecified atom stereocenters. The molecule has 0 aliphatic heterocycles. The maximum absolute atomic E-state index is 2.51. The number of hydrogen-bond donors (Lipinski definition) is 0. The van der Waals surface area contributed by atoms with Gasteiger partial charge in [-0.2, -0.15) is 0 Å². The first kappa shape index (κ1) is 16.5. The molecule has 0 saturated carbocycles. The fourth-order valence-electron chi connectivity index (χ4n) is 3.06. The molecule has 0 N–H and O–H groups in total. The lowest BCUT2D eigenvalue weighted by atomic mass is 9.97. The molecule has 119 valence electrons. The highest BCUT2D eigenvalue weighted by Crippen LogP contribution is 2.31. The third-order valence-electron chi connectivity index (χ3n) is 4.65. The molecule has 1 aliphatic carbocycles. The Bertz CT molecular complexity index is 739. The van der Waals surface area contributed by atoms with Crippen molar-refractivity contribution in [3.8, 4) is 11.1 Å². The number of benzene rings is 2. The van der Waals surface area contributed by atoms with E-state index >= 15 is 0 Å². The monoisotopic (exact) mass is 335 g/mol. The van der Waals surface area contributed by atoms with Gasteiger partial charge in [-0.05, 0) is 22.3 Å². The predicted molar refractivity (Wildman–Crippen MR) is 110 cm³/mol. The van der Waals surface area contributed by atoms with Crippen LogP contribution in [-0.2, 0) is 0 Å². The molecule has 0 aromatic heterocycles. The van der Waals surface area contributed by atoms with Crippen LogP contribution in [0.3, 0.4) is 0 Å². The van der Waals surface area contributed by atoms with E-state index in [0.29, 0.717) is 0 Å². The fourth-order valence-corrected chi connectivity index (χ4v) is 5.56. The van der Waals surface area contributed by atoms with Gasteiger partial charge in [0.1, 0.15) is 0 Å². The summed E-state index contributed by atoms with van der Waals surface area (Å²) in [5, 5.41) is 3.16. The first-order valence-corrected chi connectivity index (χ1v) is 15.5. The van der Waals surface area contributed by atoms with Gasteiger partial charge in [0, 0.05) is 6.42 Å². The molecule has 3 rings (SSSR count). The summed E-state index contributed by atoms with van der Waals surface area (Å²) < 4.78 is 0. The number of rotatable bonds is 3. The Balaban J connectivity index is 2.24. The lowest BCUT2D eigenvalue weighted by molar-refractivity contribution is 1.53. The van der Waals surface area contributed by atoms with E-state index in [1.54, 1.807) is 10.4 Å². The van der Waals surface area contributed by atoms with Gasteiger partial charge in [0.15, 0.2) is 0 Å². The van der Waals surface area contributed by atoms with Gasteiger partial charge in [-0.25, -0.2) is 0 Å². The molecule has 0 atom stereocenters. The molecule has 2 aromatic rings. The molecule has 1 aliphatic rings. The van der Waals surface area contributed by atoms with Crippen LogP contribution in [0.4, 0.5) is 0 Å². The first-order valence-electron chi connectivity index (χ1n) is 8.47. The van der Waals surface area contributed by atoms with Crippen molar-refractivity contribution in [1.29, 1.82) is 0 Å². The Kier molecular flexibility index (Phi) is 4.01. The van der Waals surface area contributed by atoms with Crippen LogP contribution in [0, 0.1) is 6.42 Å². The number of allylic oxidation sites excluding steroid dienone is 1. The topological polar surface area (TPSA) is 0 Å². The lowest BCUT2D eigenvalue weighted by Crippen LogP contribution is -2.45. The quantitative estimate of drug-likeness (QED) is 0.691. The summed E-state index contributed by atoms with van der Waals surface area (Å²) in [5.41, 5.74) is 5.50. The van der Waals surface area contributed by atoms with E-state index in [-0.39, 0.29) is 0 Å². The molecule has 0 fully saturated rings. The van der Waals surface area contributed by atoms with Crippen LogP contribution in [0.5, 0.6) is 0 Å². The van der Waals surface area contributed by atoms with E-state index in [1.165, 1.54) is 22.3 Å². The third-order valence-corrected chi connectivity index (χ3v) is 8.70. The molecule has 0 saturated heterocycles. The highest BCUT2D eigenvalue weighted by Gasteiger charge is 2.24. The van der Waals surface area contributed by atoms with Gasteiger partial charge in [-0.1, -0.05) is 98.2 Å². The summed E-state index contributed by atoms with van der Waals surface area (Å²) in [6, 6.07) is 14.1. The van der Waals surface area contributed by atoms with E-state index in [9.17, 15) is 0 Å². The van der Waals surface area contributed by atoms with Crippen molar-refractivity contribution < 1.29 is 0 Å². The Morgan fingerprint density at radius 1 is 0.739 bits per heavy atom. The standard InChI is InChI=1S/C21H27Si2/c1-22(2,3)18-13-17(14-19(15-18)23(4,5)6)21-12-8-10-16-9-7-11-20(16)21/h7-15H,1-6H3. The lowest BCUT2D eigenvalue weighted by Gasteiger charge is -2.24. The van der Waals surface area contributed by atoms with E-state index in [0.717, 1.165) is 0 Å². The number of hydrogen-bond acceptors (Lipinski definition) is 0. The zero-order valence-corrected chi connectivity index (χ0v) is 17.2. The SMILES string of the molecule is C[Si](C)(C)c1cc(-c2cccc3c2C=C[CH]3)cc([Si](C)(C)C)c1. The molecule has 0 spiro atoms. The molecule has 1 radical (unpaired) electrons. The van der Waals surface area contributed by atoms with Crippen LogP contribution in [0.25, 0.3) is 17.2 Å². The molecule has 2 heteroatoms. The van der Waals surface area contributed by atoms with Crippen molar-refractivity contribution in [3.63, 3.8) is 0 Å². The van der Waals surface area contributed by atoms with Crippen molar-refractivity contribution in [3.05, 3.63) is 60.0 Å². The molecular weight excluding hydrogens is 308 g/mol. The van der Waals surface area contributed by atoms with Crippen LogP contribution in [0.1, 0.15) is 11.1 Å². The van der Waals surface area contributed by atoms with Gasteiger partial charge in [0.2, 0.25) is 0 Å². The van der Waals surface area contributed by atoms with Crippen molar-refractivity contribution in [1.82, 2.24) is 0 Å². The minimum Gasteiger partial charge on any atom is -0.0754 e. The summed E-state index contributed by atoms with van der Waals surface area (Å²) >= 11 is 0. The second-order valence-corrected chi connectivity index (χ2v) is 18.8. The minimum absolute atomic E-state index is 1.34. The molecule has 0 bridgehead atoms. The second-order valence-electron chi connectivity index (χ2n) is 8.63.